The fraction of sp³-hybridized carbons (Fsp3) is 0.731. The summed E-state index contributed by atoms with van der Waals surface area (Å²) in [5.41, 5.74) is -0.0103. The van der Waals surface area contributed by atoms with E-state index in [0.29, 0.717) is 37.8 Å². The summed E-state index contributed by atoms with van der Waals surface area (Å²) < 4.78 is 22.2. The molecule has 0 radical (unpaired) electrons. The minimum Gasteiger partial charge on any atom is -0.458 e. The third kappa shape index (κ3) is 3.21. The zero-order chi connectivity index (χ0) is 25.1. The van der Waals surface area contributed by atoms with Crippen molar-refractivity contribution in [3.63, 3.8) is 0 Å². The second-order valence-corrected chi connectivity index (χ2v) is 11.1. The van der Waals surface area contributed by atoms with E-state index in [1.807, 2.05) is 0 Å². The molecule has 0 saturated heterocycles. The largest absolute Gasteiger partial charge is 0.458 e. The molecule has 0 amide bonds. The van der Waals surface area contributed by atoms with Gasteiger partial charge in [0, 0.05) is 23.2 Å². The Bertz CT molecular complexity index is 963. The Hall–Kier alpha value is -1.90. The number of esters is 1. The highest BCUT2D eigenvalue weighted by Gasteiger charge is 2.75. The van der Waals surface area contributed by atoms with E-state index < -0.39 is 58.4 Å². The maximum absolute atomic E-state index is 17.1. The lowest BCUT2D eigenvalue weighted by Gasteiger charge is -2.62. The standard InChI is InChI=1S/C26H36FNO6/c1-15-11-19-18-7-6-16-12-17(29)8-9-23(16,2)25(18,27)20(30)13-24(19,3)26(15,33)21(31)14-34-22(32)5-4-10-28/h8-9,12,15,18-20,30,33H,4-7,10-11,13-14,28H2,1-3H3. The quantitative estimate of drug-likeness (QED) is 0.501. The molecule has 34 heavy (non-hydrogen) atoms. The predicted octanol–water partition coefficient (Wildman–Crippen LogP) is 2.19. The highest BCUT2D eigenvalue weighted by atomic mass is 19.1. The van der Waals surface area contributed by atoms with Crippen molar-refractivity contribution >= 4 is 17.5 Å². The molecule has 3 saturated carbocycles. The number of aliphatic hydroxyl groups excluding tert-OH is 1. The number of hydrogen-bond acceptors (Lipinski definition) is 7. The van der Waals surface area contributed by atoms with E-state index in [1.165, 1.54) is 12.2 Å². The zero-order valence-corrected chi connectivity index (χ0v) is 20.2. The summed E-state index contributed by atoms with van der Waals surface area (Å²) in [5, 5.41) is 23.2. The first kappa shape index (κ1) is 25.2. The van der Waals surface area contributed by atoms with Crippen molar-refractivity contribution in [2.45, 2.75) is 76.7 Å². The summed E-state index contributed by atoms with van der Waals surface area (Å²) in [6, 6.07) is 0. The monoisotopic (exact) mass is 477 g/mol. The van der Waals surface area contributed by atoms with Crippen LogP contribution in [0, 0.1) is 28.6 Å². The molecule has 0 heterocycles. The van der Waals surface area contributed by atoms with Crippen LogP contribution in [-0.4, -0.2) is 58.3 Å². The maximum atomic E-state index is 17.1. The molecular weight excluding hydrogens is 441 g/mol. The van der Waals surface area contributed by atoms with Crippen LogP contribution in [-0.2, 0) is 19.1 Å². The fourth-order valence-electron chi connectivity index (χ4n) is 7.72. The summed E-state index contributed by atoms with van der Waals surface area (Å²) in [6.45, 7) is 5.01. The topological polar surface area (TPSA) is 127 Å². The second-order valence-electron chi connectivity index (χ2n) is 11.1. The van der Waals surface area contributed by atoms with Crippen LogP contribution >= 0.6 is 0 Å². The number of Topliss-reactive ketones (excluding diaryl/α,β-unsaturated/α-hetero) is 1. The van der Waals surface area contributed by atoms with Crippen LogP contribution in [0.3, 0.4) is 0 Å². The molecular formula is C26H36FNO6. The van der Waals surface area contributed by atoms with Crippen molar-refractivity contribution in [1.29, 1.82) is 0 Å². The number of alkyl halides is 1. The van der Waals surface area contributed by atoms with Crippen molar-refractivity contribution in [1.82, 2.24) is 0 Å². The minimum absolute atomic E-state index is 0.0905. The molecule has 0 aromatic heterocycles. The fourth-order valence-corrected chi connectivity index (χ4v) is 7.72. The van der Waals surface area contributed by atoms with Gasteiger partial charge in [-0.1, -0.05) is 25.5 Å². The van der Waals surface area contributed by atoms with Crippen LogP contribution < -0.4 is 5.73 Å². The van der Waals surface area contributed by atoms with Gasteiger partial charge in [-0.3, -0.25) is 14.4 Å². The smallest absolute Gasteiger partial charge is 0.306 e. The Morgan fingerprint density at radius 1 is 1.29 bits per heavy atom. The molecule has 4 rings (SSSR count). The number of halogens is 1. The van der Waals surface area contributed by atoms with E-state index in [0.717, 1.165) is 0 Å². The average Bonchev–Trinajstić information content (AvgIpc) is 2.99. The summed E-state index contributed by atoms with van der Waals surface area (Å²) >= 11 is 0. The molecule has 4 N–H and O–H groups in total. The van der Waals surface area contributed by atoms with Crippen molar-refractivity contribution < 1.29 is 33.7 Å². The first-order valence-electron chi connectivity index (χ1n) is 12.3. The van der Waals surface area contributed by atoms with Gasteiger partial charge in [-0.25, -0.2) is 4.39 Å². The van der Waals surface area contributed by atoms with Gasteiger partial charge >= 0.3 is 5.97 Å². The zero-order valence-electron chi connectivity index (χ0n) is 20.2. The SMILES string of the molecule is CC1CC2C3CCC4=CC(=O)C=CC4(C)C3(F)C(O)CC2(C)C1(O)C(=O)COC(=O)CCCN. The first-order valence-corrected chi connectivity index (χ1v) is 12.3. The van der Waals surface area contributed by atoms with Gasteiger partial charge in [-0.15, -0.1) is 0 Å². The number of fused-ring (bicyclic) bond motifs is 5. The van der Waals surface area contributed by atoms with E-state index in [2.05, 4.69) is 0 Å². The lowest BCUT2D eigenvalue weighted by Crippen LogP contribution is -2.69. The van der Waals surface area contributed by atoms with E-state index in [9.17, 15) is 24.6 Å². The molecule has 3 fully saturated rings. The van der Waals surface area contributed by atoms with E-state index in [1.54, 1.807) is 26.8 Å². The van der Waals surface area contributed by atoms with E-state index in [4.69, 9.17) is 10.5 Å². The minimum atomic E-state index is -2.03. The number of ether oxygens (including phenoxy) is 1. The Morgan fingerprint density at radius 3 is 2.68 bits per heavy atom. The van der Waals surface area contributed by atoms with Crippen LogP contribution in [0.1, 0.15) is 59.3 Å². The molecule has 0 spiro atoms. The van der Waals surface area contributed by atoms with Crippen molar-refractivity contribution in [2.24, 2.45) is 34.3 Å². The van der Waals surface area contributed by atoms with Crippen molar-refractivity contribution in [3.05, 3.63) is 23.8 Å². The summed E-state index contributed by atoms with van der Waals surface area (Å²) in [7, 11) is 0. The molecule has 4 aliphatic carbocycles. The highest BCUT2D eigenvalue weighted by Crippen LogP contribution is 2.70. The van der Waals surface area contributed by atoms with E-state index in [-0.39, 0.29) is 24.5 Å². The Balaban J connectivity index is 1.65. The molecule has 8 heteroatoms. The summed E-state index contributed by atoms with van der Waals surface area (Å²) in [5.74, 6) is -2.81. The third-order valence-corrected chi connectivity index (χ3v) is 9.60. The number of rotatable bonds is 6. The highest BCUT2D eigenvalue weighted by molar-refractivity contribution is 6.01. The number of nitrogens with two attached hydrogens (primary N) is 1. The molecule has 0 aromatic carbocycles. The van der Waals surface area contributed by atoms with E-state index >= 15 is 4.39 Å². The maximum Gasteiger partial charge on any atom is 0.306 e. The molecule has 0 aromatic rings. The van der Waals surface area contributed by atoms with Gasteiger partial charge in [-0.05, 0) is 69.6 Å². The molecule has 4 aliphatic rings. The van der Waals surface area contributed by atoms with Crippen molar-refractivity contribution in [2.75, 3.05) is 13.2 Å². The van der Waals surface area contributed by atoms with Crippen LogP contribution in [0.15, 0.2) is 23.8 Å². The van der Waals surface area contributed by atoms with Gasteiger partial charge in [0.15, 0.2) is 18.1 Å². The number of hydrogen-bond donors (Lipinski definition) is 3. The van der Waals surface area contributed by atoms with Gasteiger partial charge < -0.3 is 20.7 Å². The predicted molar refractivity (Wildman–Crippen MR) is 122 cm³/mol. The second kappa shape index (κ2) is 8.35. The Morgan fingerprint density at radius 2 is 2.00 bits per heavy atom. The van der Waals surface area contributed by atoms with Gasteiger partial charge in [0.05, 0.1) is 6.10 Å². The number of carbonyl (C=O) groups is 3. The Kier molecular flexibility index (Phi) is 6.19. The number of aliphatic hydroxyl groups is 2. The normalized spacial score (nSPS) is 45.1. The van der Waals surface area contributed by atoms with Crippen LogP contribution in [0.5, 0.6) is 0 Å². The van der Waals surface area contributed by atoms with Gasteiger partial charge in [0.25, 0.3) is 0 Å². The molecule has 8 unspecified atom stereocenters. The molecule has 8 atom stereocenters. The molecule has 0 aliphatic heterocycles. The first-order chi connectivity index (χ1) is 15.9. The lowest BCUT2D eigenvalue weighted by atomic mass is 9.44. The van der Waals surface area contributed by atoms with Crippen LogP contribution in [0.25, 0.3) is 0 Å². The van der Waals surface area contributed by atoms with Crippen LogP contribution in [0.4, 0.5) is 4.39 Å². The van der Waals surface area contributed by atoms with Crippen LogP contribution in [0.2, 0.25) is 0 Å². The number of allylic oxidation sites excluding steroid dienone is 4. The van der Waals surface area contributed by atoms with Gasteiger partial charge in [0.2, 0.25) is 5.78 Å². The summed E-state index contributed by atoms with van der Waals surface area (Å²) in [6.07, 6.45) is 4.76. The van der Waals surface area contributed by atoms with Gasteiger partial charge in [0.1, 0.15) is 5.60 Å². The number of carbonyl (C=O) groups excluding carboxylic acids is 3. The summed E-state index contributed by atoms with van der Waals surface area (Å²) in [4.78, 5) is 37.2. The number of ketones is 2. The van der Waals surface area contributed by atoms with Crippen molar-refractivity contribution in [3.8, 4) is 0 Å². The molecule has 0 bridgehead atoms. The molecule has 7 nitrogen and oxygen atoms in total. The lowest BCUT2D eigenvalue weighted by molar-refractivity contribution is -0.220. The van der Waals surface area contributed by atoms with Gasteiger partial charge in [-0.2, -0.15) is 0 Å². The third-order valence-electron chi connectivity index (χ3n) is 9.60. The average molecular weight is 478 g/mol. The Labute approximate surface area is 199 Å². The molecule has 188 valence electrons.